The molecule has 0 bridgehead atoms. The minimum atomic E-state index is -0.108. The Labute approximate surface area is 169 Å². The number of nitrogens with zero attached hydrogens (tertiary/aromatic N) is 4. The fraction of sp³-hybridized carbons (Fsp3) is 0.286. The maximum Gasteiger partial charge on any atom is 0.244 e. The molecule has 3 aromatic rings. The Hall–Kier alpha value is -2.86. The third kappa shape index (κ3) is 5.10. The van der Waals surface area contributed by atoms with Gasteiger partial charge < -0.3 is 9.88 Å². The number of hydrogen-bond donors (Lipinski definition) is 1. The van der Waals surface area contributed by atoms with Crippen LogP contribution in [-0.4, -0.2) is 31.8 Å². The molecule has 2 aromatic heterocycles. The lowest BCUT2D eigenvalue weighted by Crippen LogP contribution is -2.23. The summed E-state index contributed by atoms with van der Waals surface area (Å²) in [5.41, 5.74) is 3.86. The zero-order chi connectivity index (χ0) is 19.9. The highest BCUT2D eigenvalue weighted by Crippen LogP contribution is 2.20. The number of amides is 1. The van der Waals surface area contributed by atoms with Gasteiger partial charge in [0.15, 0.2) is 0 Å². The molecule has 0 unspecified atom stereocenters. The van der Waals surface area contributed by atoms with Crippen LogP contribution in [0.25, 0.3) is 6.08 Å². The van der Waals surface area contributed by atoms with Gasteiger partial charge in [0, 0.05) is 47.8 Å². The highest BCUT2D eigenvalue weighted by molar-refractivity contribution is 6.31. The molecule has 7 heteroatoms. The van der Waals surface area contributed by atoms with Crippen LogP contribution >= 0.6 is 11.6 Å². The fourth-order valence-electron chi connectivity index (χ4n) is 3.00. The normalized spacial score (nSPS) is 11.2. The standard InChI is InChI=1S/C21H24ClN5O/c1-16-19(8-9-21(28)24-10-5-12-26-13-11-23-15-26)17(2)27(25-16)14-18-6-3-4-7-20(18)22/h3-4,6-9,11,13,15H,5,10,12,14H2,1-2H3,(H,24,28). The summed E-state index contributed by atoms with van der Waals surface area (Å²) in [6.45, 7) is 5.99. The van der Waals surface area contributed by atoms with Gasteiger partial charge in [-0.2, -0.15) is 5.10 Å². The molecular weight excluding hydrogens is 374 g/mol. The van der Waals surface area contributed by atoms with E-state index in [0.717, 1.165) is 40.5 Å². The molecule has 0 atom stereocenters. The second-order valence-corrected chi connectivity index (χ2v) is 7.02. The van der Waals surface area contributed by atoms with Crippen LogP contribution < -0.4 is 5.32 Å². The van der Waals surface area contributed by atoms with E-state index < -0.39 is 0 Å². The Kier molecular flexibility index (Phi) is 6.66. The number of rotatable bonds is 8. The zero-order valence-corrected chi connectivity index (χ0v) is 16.9. The maximum atomic E-state index is 12.1. The van der Waals surface area contributed by atoms with Gasteiger partial charge in [-0.25, -0.2) is 4.98 Å². The molecule has 0 aliphatic rings. The molecule has 0 aliphatic heterocycles. The summed E-state index contributed by atoms with van der Waals surface area (Å²) in [5.74, 6) is -0.108. The van der Waals surface area contributed by atoms with Crippen molar-refractivity contribution < 1.29 is 4.79 Å². The largest absolute Gasteiger partial charge is 0.352 e. The van der Waals surface area contributed by atoms with E-state index in [-0.39, 0.29) is 5.91 Å². The van der Waals surface area contributed by atoms with Crippen molar-refractivity contribution >= 4 is 23.6 Å². The Morgan fingerprint density at radius 2 is 2.11 bits per heavy atom. The number of carbonyl (C=O) groups excluding carboxylic acids is 1. The Balaban J connectivity index is 1.56. The van der Waals surface area contributed by atoms with Crippen LogP contribution in [0.2, 0.25) is 5.02 Å². The third-order valence-electron chi connectivity index (χ3n) is 4.57. The first-order valence-corrected chi connectivity index (χ1v) is 9.61. The van der Waals surface area contributed by atoms with Gasteiger partial charge in [0.2, 0.25) is 5.91 Å². The molecule has 0 radical (unpaired) electrons. The fourth-order valence-corrected chi connectivity index (χ4v) is 3.20. The van der Waals surface area contributed by atoms with Crippen LogP contribution in [0.4, 0.5) is 0 Å². The van der Waals surface area contributed by atoms with Crippen LogP contribution in [0.3, 0.4) is 0 Å². The van der Waals surface area contributed by atoms with E-state index in [2.05, 4.69) is 15.4 Å². The topological polar surface area (TPSA) is 64.7 Å². The molecule has 6 nitrogen and oxygen atoms in total. The first-order chi connectivity index (χ1) is 13.5. The molecule has 3 rings (SSSR count). The van der Waals surface area contributed by atoms with Crippen LogP contribution in [0.15, 0.2) is 49.1 Å². The Morgan fingerprint density at radius 1 is 1.29 bits per heavy atom. The maximum absolute atomic E-state index is 12.1. The number of hydrogen-bond acceptors (Lipinski definition) is 3. The molecule has 28 heavy (non-hydrogen) atoms. The van der Waals surface area contributed by atoms with Crippen LogP contribution in [0.5, 0.6) is 0 Å². The highest BCUT2D eigenvalue weighted by atomic mass is 35.5. The molecule has 1 aromatic carbocycles. The van der Waals surface area contributed by atoms with Gasteiger partial charge in [-0.15, -0.1) is 0 Å². The van der Waals surface area contributed by atoms with Gasteiger partial charge in [-0.05, 0) is 38.0 Å². The highest BCUT2D eigenvalue weighted by Gasteiger charge is 2.11. The van der Waals surface area contributed by atoms with Crippen molar-refractivity contribution in [2.24, 2.45) is 0 Å². The van der Waals surface area contributed by atoms with Crippen molar-refractivity contribution in [3.63, 3.8) is 0 Å². The third-order valence-corrected chi connectivity index (χ3v) is 4.94. The van der Waals surface area contributed by atoms with Gasteiger partial charge in [0.25, 0.3) is 0 Å². The Bertz CT molecular complexity index is 959. The number of benzene rings is 1. The number of imidazole rings is 1. The van der Waals surface area contributed by atoms with Crippen molar-refractivity contribution in [2.45, 2.75) is 33.4 Å². The monoisotopic (exact) mass is 397 g/mol. The molecule has 0 saturated carbocycles. The number of carbonyl (C=O) groups is 1. The molecule has 146 valence electrons. The van der Waals surface area contributed by atoms with Gasteiger partial charge >= 0.3 is 0 Å². The molecule has 2 heterocycles. The first-order valence-electron chi connectivity index (χ1n) is 9.23. The van der Waals surface area contributed by atoms with Gasteiger partial charge in [0.05, 0.1) is 18.6 Å². The lowest BCUT2D eigenvalue weighted by Gasteiger charge is -2.06. The van der Waals surface area contributed by atoms with E-state index >= 15 is 0 Å². The molecule has 1 N–H and O–H groups in total. The van der Waals surface area contributed by atoms with Crippen molar-refractivity contribution in [3.05, 3.63) is 76.6 Å². The van der Waals surface area contributed by atoms with Crippen molar-refractivity contribution in [3.8, 4) is 0 Å². The smallest absolute Gasteiger partial charge is 0.244 e. The predicted molar refractivity (Wildman–Crippen MR) is 111 cm³/mol. The van der Waals surface area contributed by atoms with Gasteiger partial charge in [0.1, 0.15) is 0 Å². The van der Waals surface area contributed by atoms with Crippen molar-refractivity contribution in [2.75, 3.05) is 6.54 Å². The van der Waals surface area contributed by atoms with E-state index in [1.165, 1.54) is 0 Å². The van der Waals surface area contributed by atoms with Crippen LogP contribution in [0, 0.1) is 13.8 Å². The summed E-state index contributed by atoms with van der Waals surface area (Å²) in [7, 11) is 0. The summed E-state index contributed by atoms with van der Waals surface area (Å²) in [4.78, 5) is 16.1. The molecule has 1 amide bonds. The minimum absolute atomic E-state index is 0.108. The van der Waals surface area contributed by atoms with Gasteiger partial charge in [-0.3, -0.25) is 9.48 Å². The summed E-state index contributed by atoms with van der Waals surface area (Å²) in [5, 5.41) is 8.22. The molecule has 0 fully saturated rings. The van der Waals surface area contributed by atoms with E-state index in [4.69, 9.17) is 11.6 Å². The molecule has 0 aliphatic carbocycles. The summed E-state index contributed by atoms with van der Waals surface area (Å²) < 4.78 is 3.90. The zero-order valence-electron chi connectivity index (χ0n) is 16.1. The second kappa shape index (κ2) is 9.37. The molecular formula is C21H24ClN5O. The number of aromatic nitrogens is 4. The number of halogens is 1. The Morgan fingerprint density at radius 3 is 2.86 bits per heavy atom. The first kappa shape index (κ1) is 19.9. The number of aryl methyl sites for hydroxylation is 2. The van der Waals surface area contributed by atoms with E-state index in [1.54, 1.807) is 18.6 Å². The molecule has 0 saturated heterocycles. The summed E-state index contributed by atoms with van der Waals surface area (Å²) in [6, 6.07) is 7.74. The quantitative estimate of drug-likeness (QED) is 0.466. The van der Waals surface area contributed by atoms with E-state index in [0.29, 0.717) is 13.1 Å². The lowest BCUT2D eigenvalue weighted by molar-refractivity contribution is -0.116. The summed E-state index contributed by atoms with van der Waals surface area (Å²) >= 11 is 6.26. The van der Waals surface area contributed by atoms with Crippen LogP contribution in [0.1, 0.15) is 28.9 Å². The average Bonchev–Trinajstić information content (AvgIpc) is 3.28. The number of nitrogens with one attached hydrogen (secondary N) is 1. The van der Waals surface area contributed by atoms with E-state index in [9.17, 15) is 4.79 Å². The second-order valence-electron chi connectivity index (χ2n) is 6.61. The van der Waals surface area contributed by atoms with Crippen LogP contribution in [-0.2, 0) is 17.9 Å². The SMILES string of the molecule is Cc1nn(Cc2ccccc2Cl)c(C)c1C=CC(=O)NCCCn1ccnc1. The lowest BCUT2D eigenvalue weighted by atomic mass is 10.1. The van der Waals surface area contributed by atoms with Crippen molar-refractivity contribution in [1.82, 2.24) is 24.6 Å². The average molecular weight is 398 g/mol. The predicted octanol–water partition coefficient (Wildman–Crippen LogP) is 3.62. The molecule has 0 spiro atoms. The minimum Gasteiger partial charge on any atom is -0.352 e. The summed E-state index contributed by atoms with van der Waals surface area (Å²) in [6.07, 6.45) is 9.67. The van der Waals surface area contributed by atoms with E-state index in [1.807, 2.05) is 59.6 Å². The van der Waals surface area contributed by atoms with Gasteiger partial charge in [-0.1, -0.05) is 29.8 Å². The van der Waals surface area contributed by atoms with Crippen molar-refractivity contribution in [1.29, 1.82) is 0 Å².